The SMILES string of the molecule is [C-]#[N+][C@](C(=O)OC)(c1ccccc1)C1(C(F)(F)F)N=C([O-])N(Cc2ccc(OC)cc2)c2ccc(Cl)cc21. The quantitative estimate of drug-likeness (QED) is 0.329. The minimum atomic E-state index is -5.41. The van der Waals surface area contributed by atoms with E-state index in [9.17, 15) is 9.90 Å². The van der Waals surface area contributed by atoms with Crippen molar-refractivity contribution >= 4 is 29.3 Å². The molecule has 3 aromatic rings. The number of esters is 1. The maximum atomic E-state index is 15.4. The average molecular weight is 543 g/mol. The molecule has 7 nitrogen and oxygen atoms in total. The van der Waals surface area contributed by atoms with Crippen molar-refractivity contribution in [2.75, 3.05) is 19.1 Å². The van der Waals surface area contributed by atoms with Crippen molar-refractivity contribution in [1.82, 2.24) is 0 Å². The number of alkyl halides is 3. The number of benzene rings is 3. The molecule has 1 aliphatic heterocycles. The zero-order valence-corrected chi connectivity index (χ0v) is 20.9. The Bertz CT molecular complexity index is 1420. The number of halogens is 4. The minimum Gasteiger partial charge on any atom is -0.846 e. The number of rotatable bonds is 6. The zero-order chi connectivity index (χ0) is 27.7. The highest BCUT2D eigenvalue weighted by Gasteiger charge is 2.80. The number of nitrogens with zero attached hydrogens (tertiary/aromatic N) is 3. The lowest BCUT2D eigenvalue weighted by Gasteiger charge is -2.47. The van der Waals surface area contributed by atoms with Crippen molar-refractivity contribution in [3.8, 4) is 5.75 Å². The second-order valence-electron chi connectivity index (χ2n) is 8.38. The van der Waals surface area contributed by atoms with Crippen molar-refractivity contribution in [2.45, 2.75) is 23.8 Å². The van der Waals surface area contributed by atoms with Crippen LogP contribution < -0.4 is 14.7 Å². The van der Waals surface area contributed by atoms with E-state index < -0.39 is 34.8 Å². The molecule has 1 heterocycles. The Labute approximate surface area is 221 Å². The summed E-state index contributed by atoms with van der Waals surface area (Å²) >= 11 is 6.16. The molecule has 0 amide bonds. The van der Waals surface area contributed by atoms with E-state index in [0.29, 0.717) is 11.3 Å². The molecule has 0 spiro atoms. The molecule has 3 aromatic carbocycles. The van der Waals surface area contributed by atoms with Crippen LogP contribution >= 0.6 is 11.6 Å². The van der Waals surface area contributed by atoms with E-state index in [1.165, 1.54) is 49.6 Å². The molecule has 38 heavy (non-hydrogen) atoms. The molecule has 0 aliphatic carbocycles. The molecule has 0 saturated carbocycles. The summed E-state index contributed by atoms with van der Waals surface area (Å²) in [5, 5.41) is 13.4. The number of ether oxygens (including phenoxy) is 2. The fourth-order valence-electron chi connectivity index (χ4n) is 4.66. The van der Waals surface area contributed by atoms with Gasteiger partial charge in [0.25, 0.3) is 5.54 Å². The van der Waals surface area contributed by atoms with Gasteiger partial charge >= 0.3 is 17.7 Å². The molecule has 11 heteroatoms. The lowest BCUT2D eigenvalue weighted by atomic mass is 9.67. The molecular formula is C27H20ClF3N3O4-. The van der Waals surface area contributed by atoms with Crippen LogP contribution in [0.3, 0.4) is 0 Å². The van der Waals surface area contributed by atoms with Crippen LogP contribution in [-0.2, 0) is 27.2 Å². The van der Waals surface area contributed by atoms with Crippen molar-refractivity contribution in [1.29, 1.82) is 0 Å². The highest BCUT2D eigenvalue weighted by Crippen LogP contribution is 2.60. The van der Waals surface area contributed by atoms with Crippen molar-refractivity contribution in [3.63, 3.8) is 0 Å². The summed E-state index contributed by atoms with van der Waals surface area (Å²) in [6.07, 6.45) is -5.41. The van der Waals surface area contributed by atoms with E-state index in [1.54, 1.807) is 24.3 Å². The second kappa shape index (κ2) is 9.91. The van der Waals surface area contributed by atoms with Gasteiger partial charge in [-0.3, -0.25) is 9.84 Å². The van der Waals surface area contributed by atoms with Gasteiger partial charge in [0.05, 0.1) is 25.8 Å². The normalized spacial score (nSPS) is 18.4. The molecule has 0 saturated heterocycles. The first-order valence-electron chi connectivity index (χ1n) is 11.1. The van der Waals surface area contributed by atoms with Crippen LogP contribution in [0.25, 0.3) is 4.85 Å². The third-order valence-corrected chi connectivity index (χ3v) is 6.64. The molecule has 196 valence electrons. The number of hydrogen-bond donors (Lipinski definition) is 0. The fourth-order valence-corrected chi connectivity index (χ4v) is 4.83. The van der Waals surface area contributed by atoms with E-state index in [-0.39, 0.29) is 22.8 Å². The number of hydrogen-bond acceptors (Lipinski definition) is 6. The molecule has 0 fully saturated rings. The number of aliphatic imine (C=N–C) groups is 1. The summed E-state index contributed by atoms with van der Waals surface area (Å²) < 4.78 is 56.1. The van der Waals surface area contributed by atoms with Crippen molar-refractivity contribution < 1.29 is 32.5 Å². The number of methoxy groups -OCH3 is 2. The molecule has 2 atom stereocenters. The molecule has 0 bridgehead atoms. The van der Waals surface area contributed by atoms with E-state index in [4.69, 9.17) is 27.6 Å². The highest BCUT2D eigenvalue weighted by molar-refractivity contribution is 6.30. The van der Waals surface area contributed by atoms with Crippen LogP contribution in [0.1, 0.15) is 16.7 Å². The van der Waals surface area contributed by atoms with Gasteiger partial charge in [0.1, 0.15) is 5.75 Å². The maximum absolute atomic E-state index is 15.4. The van der Waals surface area contributed by atoms with Crippen LogP contribution in [0.15, 0.2) is 77.8 Å². The Balaban J connectivity index is 2.07. The summed E-state index contributed by atoms with van der Waals surface area (Å²) in [6.45, 7) is 7.79. The predicted molar refractivity (Wildman–Crippen MR) is 133 cm³/mol. The van der Waals surface area contributed by atoms with Gasteiger partial charge in [-0.25, -0.2) is 11.4 Å². The Morgan fingerprint density at radius 2 is 1.76 bits per heavy atom. The topological polar surface area (TPSA) is 78.5 Å². The first kappa shape index (κ1) is 26.8. The van der Waals surface area contributed by atoms with E-state index in [1.807, 2.05) is 0 Å². The molecule has 1 unspecified atom stereocenters. The number of anilines is 1. The summed E-state index contributed by atoms with van der Waals surface area (Å²) in [6, 6.07) is 15.5. The highest BCUT2D eigenvalue weighted by atomic mass is 35.5. The number of fused-ring (bicyclic) bond motifs is 1. The van der Waals surface area contributed by atoms with Gasteiger partial charge in [-0.2, -0.15) is 13.2 Å². The summed E-state index contributed by atoms with van der Waals surface area (Å²) in [7, 11) is 2.35. The number of carbonyl (C=O) groups is 1. The van der Waals surface area contributed by atoms with Crippen LogP contribution in [0.4, 0.5) is 18.9 Å². The van der Waals surface area contributed by atoms with Crippen molar-refractivity contribution in [3.05, 3.63) is 106 Å². The van der Waals surface area contributed by atoms with E-state index in [0.717, 1.165) is 18.1 Å². The van der Waals surface area contributed by atoms with Crippen molar-refractivity contribution in [2.24, 2.45) is 4.99 Å². The average Bonchev–Trinajstić information content (AvgIpc) is 2.91. The molecule has 0 radical (unpaired) electrons. The lowest BCUT2D eigenvalue weighted by molar-refractivity contribution is -0.236. The summed E-state index contributed by atoms with van der Waals surface area (Å²) in [5.41, 5.74) is -7.41. The third kappa shape index (κ3) is 4.00. The molecular weight excluding hydrogens is 523 g/mol. The predicted octanol–water partition coefficient (Wildman–Crippen LogP) is 4.83. The summed E-state index contributed by atoms with van der Waals surface area (Å²) in [4.78, 5) is 21.2. The van der Waals surface area contributed by atoms with Crippen LogP contribution in [0.2, 0.25) is 5.02 Å². The first-order valence-corrected chi connectivity index (χ1v) is 11.5. The molecule has 4 rings (SSSR count). The van der Waals surface area contributed by atoms with Gasteiger partial charge in [0, 0.05) is 22.8 Å². The largest absolute Gasteiger partial charge is 0.846 e. The molecule has 0 aromatic heterocycles. The molecule has 1 aliphatic rings. The van der Waals surface area contributed by atoms with Gasteiger partial charge in [-0.15, -0.1) is 0 Å². The van der Waals surface area contributed by atoms with Crippen LogP contribution in [0, 0.1) is 6.57 Å². The Morgan fingerprint density at radius 3 is 2.32 bits per heavy atom. The molecule has 0 N–H and O–H groups in total. The zero-order valence-electron chi connectivity index (χ0n) is 20.1. The summed E-state index contributed by atoms with van der Waals surface area (Å²) in [5.74, 6) is -0.975. The van der Waals surface area contributed by atoms with E-state index >= 15 is 13.2 Å². The number of amidine groups is 1. The van der Waals surface area contributed by atoms with Crippen LogP contribution in [-0.4, -0.2) is 32.4 Å². The Kier molecular flexibility index (Phi) is 7.00. The van der Waals surface area contributed by atoms with Gasteiger partial charge in [-0.1, -0.05) is 54.1 Å². The minimum absolute atomic E-state index is 0.108. The monoisotopic (exact) mass is 542 g/mol. The van der Waals surface area contributed by atoms with Crippen LogP contribution in [0.5, 0.6) is 5.75 Å². The van der Waals surface area contributed by atoms with Gasteiger partial charge in [0.2, 0.25) is 0 Å². The third-order valence-electron chi connectivity index (χ3n) is 6.41. The Morgan fingerprint density at radius 1 is 1.11 bits per heavy atom. The first-order chi connectivity index (χ1) is 18.1. The maximum Gasteiger partial charge on any atom is 0.427 e. The Hall–Kier alpha value is -4.23. The smallest absolute Gasteiger partial charge is 0.427 e. The number of carbonyl (C=O) groups excluding carboxylic acids is 1. The van der Waals surface area contributed by atoms with Gasteiger partial charge in [-0.05, 0) is 35.9 Å². The van der Waals surface area contributed by atoms with Gasteiger partial charge in [0.15, 0.2) is 0 Å². The standard InChI is InChI=1S/C27H21ClF3N3O4/c1-32-25(23(35)38-3,18-7-5-4-6-8-18)26(27(29,30)31)21-15-19(28)11-14-22(21)34(24(36)33-26)16-17-9-12-20(37-2)13-10-17/h4-15H,16H2,2-3H3,(H,33,36)/p-1/t25-,26?/m0/s1. The van der Waals surface area contributed by atoms with Gasteiger partial charge < -0.3 is 19.5 Å². The second-order valence-corrected chi connectivity index (χ2v) is 8.81. The van der Waals surface area contributed by atoms with E-state index in [2.05, 4.69) is 9.84 Å². The fraction of sp³-hybridized carbons (Fsp3) is 0.222. The lowest BCUT2D eigenvalue weighted by Crippen LogP contribution is -2.63.